The van der Waals surface area contributed by atoms with Crippen LogP contribution in [0.4, 0.5) is 0 Å². The van der Waals surface area contributed by atoms with E-state index in [-0.39, 0.29) is 0 Å². The molecule has 0 spiro atoms. The average molecular weight is 293 g/mol. The summed E-state index contributed by atoms with van der Waals surface area (Å²) in [5, 5.41) is 3.66. The van der Waals surface area contributed by atoms with Gasteiger partial charge in [-0.15, -0.1) is 0 Å². The molecule has 3 rings (SSSR count). The van der Waals surface area contributed by atoms with Crippen LogP contribution in [0.15, 0.2) is 4.99 Å². The first-order valence-electron chi connectivity index (χ1n) is 8.89. The summed E-state index contributed by atoms with van der Waals surface area (Å²) in [5.74, 6) is 4.03. The molecule has 0 amide bonds. The smallest absolute Gasteiger partial charge is 0.193 e. The quantitative estimate of drug-likeness (QED) is 0.604. The van der Waals surface area contributed by atoms with Gasteiger partial charge in [-0.25, -0.2) is 0 Å². The molecule has 0 aromatic heterocycles. The van der Waals surface area contributed by atoms with Crippen LogP contribution in [0.25, 0.3) is 0 Å². The van der Waals surface area contributed by atoms with Crippen LogP contribution in [-0.4, -0.2) is 50.3 Å². The van der Waals surface area contributed by atoms with Gasteiger partial charge in [0.1, 0.15) is 0 Å². The van der Waals surface area contributed by atoms with Crippen molar-refractivity contribution in [3.05, 3.63) is 0 Å². The van der Waals surface area contributed by atoms with Gasteiger partial charge in [-0.3, -0.25) is 4.99 Å². The van der Waals surface area contributed by atoms with Gasteiger partial charge in [0.05, 0.1) is 6.10 Å². The lowest BCUT2D eigenvalue weighted by atomic mass is 9.98. The fourth-order valence-electron chi connectivity index (χ4n) is 3.78. The van der Waals surface area contributed by atoms with Crippen LogP contribution in [0.1, 0.15) is 45.4 Å². The molecular formula is C17H31N3O. The first kappa shape index (κ1) is 15.1. The first-order chi connectivity index (χ1) is 10.3. The Hall–Kier alpha value is -0.770. The Morgan fingerprint density at radius 1 is 1.14 bits per heavy atom. The molecule has 1 aliphatic heterocycles. The molecule has 120 valence electrons. The van der Waals surface area contributed by atoms with Gasteiger partial charge in [0.2, 0.25) is 0 Å². The van der Waals surface area contributed by atoms with Crippen molar-refractivity contribution in [3.8, 4) is 0 Å². The SMILES string of the molecule is CCOC1CCN(C(=NC)NCC(C2CC2)C2CC2)CC1. The molecule has 21 heavy (non-hydrogen) atoms. The molecule has 0 atom stereocenters. The molecule has 2 saturated carbocycles. The summed E-state index contributed by atoms with van der Waals surface area (Å²) in [6.45, 7) is 6.20. The van der Waals surface area contributed by atoms with Gasteiger partial charge in [-0.05, 0) is 63.2 Å². The number of hydrogen-bond acceptors (Lipinski definition) is 2. The summed E-state index contributed by atoms with van der Waals surface area (Å²) in [6.07, 6.45) is 8.55. The number of likely N-dealkylation sites (tertiary alicyclic amines) is 1. The van der Waals surface area contributed by atoms with Crippen LogP contribution in [0, 0.1) is 17.8 Å². The van der Waals surface area contributed by atoms with Crippen molar-refractivity contribution in [2.24, 2.45) is 22.7 Å². The van der Waals surface area contributed by atoms with Crippen LogP contribution >= 0.6 is 0 Å². The molecule has 0 unspecified atom stereocenters. The Kier molecular flexibility index (Phi) is 5.04. The van der Waals surface area contributed by atoms with Crippen molar-refractivity contribution >= 4 is 5.96 Å². The van der Waals surface area contributed by atoms with Gasteiger partial charge in [-0.2, -0.15) is 0 Å². The van der Waals surface area contributed by atoms with Gasteiger partial charge in [0.25, 0.3) is 0 Å². The number of nitrogens with zero attached hydrogens (tertiary/aromatic N) is 2. The maximum atomic E-state index is 5.74. The highest BCUT2D eigenvalue weighted by Crippen LogP contribution is 2.48. The number of piperidine rings is 1. The van der Waals surface area contributed by atoms with Crippen molar-refractivity contribution in [2.45, 2.75) is 51.6 Å². The van der Waals surface area contributed by atoms with E-state index in [1.54, 1.807) is 0 Å². The van der Waals surface area contributed by atoms with E-state index in [4.69, 9.17) is 4.74 Å². The Balaban J connectivity index is 1.44. The number of nitrogens with one attached hydrogen (secondary N) is 1. The summed E-state index contributed by atoms with van der Waals surface area (Å²) in [7, 11) is 1.92. The van der Waals surface area contributed by atoms with E-state index in [1.165, 1.54) is 25.7 Å². The maximum absolute atomic E-state index is 5.74. The second-order valence-electron chi connectivity index (χ2n) is 6.91. The van der Waals surface area contributed by atoms with Crippen molar-refractivity contribution < 1.29 is 4.74 Å². The largest absolute Gasteiger partial charge is 0.378 e. The summed E-state index contributed by atoms with van der Waals surface area (Å²) in [5.41, 5.74) is 0. The van der Waals surface area contributed by atoms with Crippen LogP contribution in [0.2, 0.25) is 0 Å². The standard InChI is InChI=1S/C17H31N3O/c1-3-21-15-8-10-20(11-9-15)17(18-2)19-12-16(13-4-5-13)14-6-7-14/h13-16H,3-12H2,1-2H3,(H,18,19). The zero-order chi connectivity index (χ0) is 14.7. The highest BCUT2D eigenvalue weighted by atomic mass is 16.5. The fraction of sp³-hybridized carbons (Fsp3) is 0.941. The van der Waals surface area contributed by atoms with Crippen molar-refractivity contribution in [1.82, 2.24) is 10.2 Å². The number of aliphatic imine (C=N–C) groups is 1. The molecule has 0 radical (unpaired) electrons. The van der Waals surface area contributed by atoms with Crippen molar-refractivity contribution in [3.63, 3.8) is 0 Å². The second kappa shape index (κ2) is 6.99. The lowest BCUT2D eigenvalue weighted by Crippen LogP contribution is -2.48. The average Bonchev–Trinajstić information content (AvgIpc) is 3.39. The molecule has 3 aliphatic rings. The van der Waals surface area contributed by atoms with Crippen LogP contribution in [0.3, 0.4) is 0 Å². The highest BCUT2D eigenvalue weighted by molar-refractivity contribution is 5.80. The zero-order valence-corrected chi connectivity index (χ0v) is 13.7. The molecule has 0 bridgehead atoms. The summed E-state index contributed by atoms with van der Waals surface area (Å²) in [6, 6.07) is 0. The minimum absolute atomic E-state index is 0.454. The van der Waals surface area contributed by atoms with Gasteiger partial charge >= 0.3 is 0 Å². The van der Waals surface area contributed by atoms with Crippen molar-refractivity contribution in [1.29, 1.82) is 0 Å². The predicted octanol–water partition coefficient (Wildman–Crippen LogP) is 2.50. The number of guanidine groups is 1. The molecule has 3 fully saturated rings. The molecule has 4 heteroatoms. The number of rotatable bonds is 6. The molecule has 0 aromatic rings. The van der Waals surface area contributed by atoms with Gasteiger partial charge in [-0.1, -0.05) is 0 Å². The first-order valence-corrected chi connectivity index (χ1v) is 8.89. The van der Waals surface area contributed by atoms with Gasteiger partial charge in [0.15, 0.2) is 5.96 Å². The summed E-state index contributed by atoms with van der Waals surface area (Å²) in [4.78, 5) is 6.91. The Morgan fingerprint density at radius 3 is 2.24 bits per heavy atom. The highest BCUT2D eigenvalue weighted by Gasteiger charge is 2.41. The lowest BCUT2D eigenvalue weighted by molar-refractivity contribution is 0.0263. The van der Waals surface area contributed by atoms with Crippen LogP contribution in [0.5, 0.6) is 0 Å². The third-order valence-electron chi connectivity index (χ3n) is 5.31. The Bertz CT molecular complexity index is 343. The van der Waals surface area contributed by atoms with E-state index in [1.807, 2.05) is 7.05 Å². The van der Waals surface area contributed by atoms with E-state index >= 15 is 0 Å². The topological polar surface area (TPSA) is 36.9 Å². The molecule has 4 nitrogen and oxygen atoms in total. The molecule has 0 aromatic carbocycles. The summed E-state index contributed by atoms with van der Waals surface area (Å²) >= 11 is 0. The third-order valence-corrected chi connectivity index (χ3v) is 5.31. The maximum Gasteiger partial charge on any atom is 0.193 e. The Morgan fingerprint density at radius 2 is 1.76 bits per heavy atom. The van der Waals surface area contributed by atoms with Crippen molar-refractivity contribution in [2.75, 3.05) is 33.3 Å². The van der Waals surface area contributed by atoms with E-state index in [0.717, 1.165) is 62.8 Å². The van der Waals surface area contributed by atoms with Gasteiger partial charge in [0, 0.05) is 33.3 Å². The van der Waals surface area contributed by atoms with E-state index in [0.29, 0.717) is 6.10 Å². The molecule has 1 saturated heterocycles. The van der Waals surface area contributed by atoms with Crippen LogP contribution < -0.4 is 5.32 Å². The molecule has 1 N–H and O–H groups in total. The minimum atomic E-state index is 0.454. The predicted molar refractivity (Wildman–Crippen MR) is 86.5 cm³/mol. The summed E-state index contributed by atoms with van der Waals surface area (Å²) < 4.78 is 5.74. The third kappa shape index (κ3) is 4.12. The zero-order valence-electron chi connectivity index (χ0n) is 13.7. The normalized spacial score (nSPS) is 24.7. The molecular weight excluding hydrogens is 262 g/mol. The minimum Gasteiger partial charge on any atom is -0.378 e. The Labute approximate surface area is 129 Å². The van der Waals surface area contributed by atoms with E-state index in [9.17, 15) is 0 Å². The van der Waals surface area contributed by atoms with E-state index < -0.39 is 0 Å². The van der Waals surface area contributed by atoms with E-state index in [2.05, 4.69) is 22.1 Å². The monoisotopic (exact) mass is 293 g/mol. The number of hydrogen-bond donors (Lipinski definition) is 1. The molecule has 1 heterocycles. The number of ether oxygens (including phenoxy) is 1. The molecule has 2 aliphatic carbocycles. The van der Waals surface area contributed by atoms with Crippen LogP contribution in [-0.2, 0) is 4.74 Å². The fourth-order valence-corrected chi connectivity index (χ4v) is 3.78. The second-order valence-corrected chi connectivity index (χ2v) is 6.91. The van der Waals surface area contributed by atoms with Gasteiger partial charge < -0.3 is 15.0 Å². The lowest BCUT2D eigenvalue weighted by Gasteiger charge is -2.34.